The lowest BCUT2D eigenvalue weighted by molar-refractivity contribution is 0.101. The molecular weight excluding hydrogens is 356 g/mol. The van der Waals surface area contributed by atoms with E-state index in [1.807, 2.05) is 28.3 Å². The molecule has 2 aliphatic carbocycles. The molecule has 2 bridgehead atoms. The zero-order chi connectivity index (χ0) is 18.8. The fraction of sp³-hybridized carbons (Fsp3) is 0.381. The number of anilines is 1. The molecule has 0 aliphatic heterocycles. The maximum atomic E-state index is 13.1. The minimum absolute atomic E-state index is 0.00948. The molecule has 1 fully saturated rings. The van der Waals surface area contributed by atoms with Crippen molar-refractivity contribution in [3.05, 3.63) is 58.9 Å². The minimum atomic E-state index is -0.164. The number of rotatable bonds is 3. The second-order valence-corrected chi connectivity index (χ2v) is 9.19. The summed E-state index contributed by atoms with van der Waals surface area (Å²) in [6, 6.07) is 10.1. The van der Waals surface area contributed by atoms with Crippen molar-refractivity contribution in [1.29, 1.82) is 0 Å². The van der Waals surface area contributed by atoms with Crippen LogP contribution in [-0.2, 0) is 5.41 Å². The van der Waals surface area contributed by atoms with Gasteiger partial charge >= 0.3 is 0 Å². The molecule has 0 spiro atoms. The van der Waals surface area contributed by atoms with E-state index in [1.54, 1.807) is 6.20 Å². The number of fused-ring (bicyclic) bond motifs is 5. The number of hydrogen-bond donors (Lipinski definition) is 1. The Balaban J connectivity index is 1.70. The van der Waals surface area contributed by atoms with Crippen LogP contribution in [0.15, 0.2) is 41.9 Å². The summed E-state index contributed by atoms with van der Waals surface area (Å²) in [5, 5.41) is 10.2. The van der Waals surface area contributed by atoms with Crippen molar-refractivity contribution in [2.45, 2.75) is 44.9 Å². The number of thiazole rings is 1. The molecule has 2 atom stereocenters. The van der Waals surface area contributed by atoms with Gasteiger partial charge in [-0.15, -0.1) is 11.3 Å². The molecule has 2 aromatic heterocycles. The van der Waals surface area contributed by atoms with Crippen LogP contribution in [-0.4, -0.2) is 20.7 Å². The molecule has 0 saturated heterocycles. The summed E-state index contributed by atoms with van der Waals surface area (Å²) in [6.07, 6.45) is 3.93. The lowest BCUT2D eigenvalue weighted by Crippen LogP contribution is -2.33. The van der Waals surface area contributed by atoms with E-state index in [0.29, 0.717) is 16.7 Å². The van der Waals surface area contributed by atoms with Crippen molar-refractivity contribution in [2.75, 3.05) is 5.32 Å². The first-order valence-electron chi connectivity index (χ1n) is 9.33. The Kier molecular flexibility index (Phi) is 3.41. The molecule has 2 heterocycles. The third-order valence-corrected chi connectivity index (χ3v) is 7.58. The molecule has 2 aliphatic rings. The standard InChI is InChI=1S/C21H22N4OS/c1-20(2)14-9-10-21(20,3)17-15(14)16(18(26)23-19-22-11-12-27-19)24-25(17)13-7-5-4-6-8-13/h4-8,11-12,14H,9-10H2,1-3H3,(H,22,23,26)/t14-,21-/m1/s1. The van der Waals surface area contributed by atoms with Gasteiger partial charge in [-0.1, -0.05) is 39.0 Å². The summed E-state index contributed by atoms with van der Waals surface area (Å²) in [4.78, 5) is 17.3. The molecule has 0 radical (unpaired) electrons. The molecule has 3 aromatic rings. The smallest absolute Gasteiger partial charge is 0.278 e. The number of aromatic nitrogens is 3. The quantitative estimate of drug-likeness (QED) is 0.715. The molecular formula is C21H22N4OS. The Hall–Kier alpha value is -2.47. The van der Waals surface area contributed by atoms with Crippen LogP contribution >= 0.6 is 11.3 Å². The predicted octanol–water partition coefficient (Wildman–Crippen LogP) is 4.76. The topological polar surface area (TPSA) is 59.8 Å². The van der Waals surface area contributed by atoms with E-state index in [-0.39, 0.29) is 16.7 Å². The van der Waals surface area contributed by atoms with Crippen molar-refractivity contribution in [3.8, 4) is 5.69 Å². The van der Waals surface area contributed by atoms with Crippen LogP contribution in [0.5, 0.6) is 0 Å². The molecule has 1 aromatic carbocycles. The molecule has 6 heteroatoms. The third-order valence-electron chi connectivity index (χ3n) is 6.89. The van der Waals surface area contributed by atoms with Gasteiger partial charge < -0.3 is 0 Å². The largest absolute Gasteiger partial charge is 0.296 e. The first-order chi connectivity index (χ1) is 12.9. The second kappa shape index (κ2) is 5.52. The average Bonchev–Trinajstić information content (AvgIpc) is 3.37. The highest BCUT2D eigenvalue weighted by Gasteiger charge is 2.63. The Labute approximate surface area is 162 Å². The molecule has 1 saturated carbocycles. The highest BCUT2D eigenvalue weighted by Crippen LogP contribution is 2.68. The molecule has 27 heavy (non-hydrogen) atoms. The summed E-state index contributed by atoms with van der Waals surface area (Å²) < 4.78 is 2.01. The van der Waals surface area contributed by atoms with Gasteiger partial charge in [0.15, 0.2) is 10.8 Å². The number of para-hydroxylation sites is 1. The fourth-order valence-electron chi connectivity index (χ4n) is 5.09. The van der Waals surface area contributed by atoms with E-state index in [0.717, 1.165) is 24.1 Å². The maximum absolute atomic E-state index is 13.1. The Morgan fingerprint density at radius 3 is 2.74 bits per heavy atom. The monoisotopic (exact) mass is 378 g/mol. The third kappa shape index (κ3) is 2.13. The molecule has 1 N–H and O–H groups in total. The summed E-state index contributed by atoms with van der Waals surface area (Å²) >= 11 is 1.42. The van der Waals surface area contributed by atoms with E-state index >= 15 is 0 Å². The van der Waals surface area contributed by atoms with Gasteiger partial charge in [0.1, 0.15) is 0 Å². The van der Waals surface area contributed by atoms with Gasteiger partial charge in [-0.05, 0) is 36.3 Å². The molecule has 5 rings (SSSR count). The highest BCUT2D eigenvalue weighted by molar-refractivity contribution is 7.13. The van der Waals surface area contributed by atoms with Crippen molar-refractivity contribution < 1.29 is 4.79 Å². The summed E-state index contributed by atoms with van der Waals surface area (Å²) in [7, 11) is 0. The van der Waals surface area contributed by atoms with Gasteiger partial charge in [0.05, 0.1) is 11.4 Å². The second-order valence-electron chi connectivity index (χ2n) is 8.29. The SMILES string of the molecule is CC1(C)[C@@H]2CC[C@]1(C)c1c2c(C(=O)Nc2nccs2)nn1-c1ccccc1. The van der Waals surface area contributed by atoms with Crippen LogP contribution in [0.4, 0.5) is 5.13 Å². The maximum Gasteiger partial charge on any atom is 0.278 e. The summed E-state index contributed by atoms with van der Waals surface area (Å²) in [6.45, 7) is 7.01. The van der Waals surface area contributed by atoms with Crippen molar-refractivity contribution in [2.24, 2.45) is 5.41 Å². The Bertz CT molecular complexity index is 1020. The zero-order valence-electron chi connectivity index (χ0n) is 15.7. The normalized spacial score (nSPS) is 24.8. The van der Waals surface area contributed by atoms with Gasteiger partial charge in [-0.3, -0.25) is 10.1 Å². The van der Waals surface area contributed by atoms with E-state index < -0.39 is 0 Å². The van der Waals surface area contributed by atoms with Crippen molar-refractivity contribution >= 4 is 22.4 Å². The Morgan fingerprint density at radius 2 is 2.04 bits per heavy atom. The lowest BCUT2D eigenvalue weighted by Gasteiger charge is -2.35. The van der Waals surface area contributed by atoms with E-state index in [9.17, 15) is 4.79 Å². The number of nitrogens with zero attached hydrogens (tertiary/aromatic N) is 3. The number of hydrogen-bond acceptors (Lipinski definition) is 4. The van der Waals surface area contributed by atoms with Crippen LogP contribution in [0.1, 0.15) is 61.3 Å². The average molecular weight is 379 g/mol. The lowest BCUT2D eigenvalue weighted by atomic mass is 9.70. The molecule has 0 unspecified atom stereocenters. The minimum Gasteiger partial charge on any atom is -0.296 e. The first-order valence-corrected chi connectivity index (χ1v) is 10.2. The van der Waals surface area contributed by atoms with Gasteiger partial charge in [-0.25, -0.2) is 9.67 Å². The van der Waals surface area contributed by atoms with Crippen molar-refractivity contribution in [1.82, 2.24) is 14.8 Å². The molecule has 138 valence electrons. The first kappa shape index (κ1) is 16.7. The van der Waals surface area contributed by atoms with Crippen LogP contribution in [0.3, 0.4) is 0 Å². The van der Waals surface area contributed by atoms with Crippen LogP contribution in [0.25, 0.3) is 5.69 Å². The van der Waals surface area contributed by atoms with Crippen molar-refractivity contribution in [3.63, 3.8) is 0 Å². The molecule has 5 nitrogen and oxygen atoms in total. The van der Waals surface area contributed by atoms with Crippen LogP contribution < -0.4 is 5.32 Å². The van der Waals surface area contributed by atoms with E-state index in [4.69, 9.17) is 5.10 Å². The Morgan fingerprint density at radius 1 is 1.26 bits per heavy atom. The van der Waals surface area contributed by atoms with E-state index in [1.165, 1.54) is 17.0 Å². The van der Waals surface area contributed by atoms with Gasteiger partial charge in [0.2, 0.25) is 0 Å². The predicted molar refractivity (Wildman–Crippen MR) is 107 cm³/mol. The summed E-state index contributed by atoms with van der Waals surface area (Å²) in [5.74, 6) is 0.190. The number of carbonyl (C=O) groups excluding carboxylic acids is 1. The van der Waals surface area contributed by atoms with E-state index in [2.05, 4.69) is 43.2 Å². The highest BCUT2D eigenvalue weighted by atomic mass is 32.1. The van der Waals surface area contributed by atoms with Crippen LogP contribution in [0, 0.1) is 5.41 Å². The fourth-order valence-corrected chi connectivity index (χ4v) is 5.61. The van der Waals surface area contributed by atoms with Gasteiger partial charge in [0.25, 0.3) is 5.91 Å². The number of benzene rings is 1. The number of nitrogens with one attached hydrogen (secondary N) is 1. The zero-order valence-corrected chi connectivity index (χ0v) is 16.5. The summed E-state index contributed by atoms with van der Waals surface area (Å²) in [5.41, 5.74) is 4.01. The van der Waals surface area contributed by atoms with Gasteiger partial charge in [0, 0.05) is 22.6 Å². The number of amides is 1. The molecule has 1 amide bonds. The van der Waals surface area contributed by atoms with Crippen LogP contribution in [0.2, 0.25) is 0 Å². The number of carbonyl (C=O) groups is 1. The van der Waals surface area contributed by atoms with Gasteiger partial charge in [-0.2, -0.15) is 5.10 Å².